The van der Waals surface area contributed by atoms with E-state index in [1.54, 1.807) is 31.2 Å². The number of carbonyl (C=O) groups excluding carboxylic acids is 2. The Hall–Kier alpha value is -3.34. The first kappa shape index (κ1) is 19.4. The van der Waals surface area contributed by atoms with Crippen LogP contribution in [-0.4, -0.2) is 24.0 Å². The van der Waals surface area contributed by atoms with Gasteiger partial charge in [-0.2, -0.15) is 0 Å². The van der Waals surface area contributed by atoms with Gasteiger partial charge in [0, 0.05) is 11.4 Å². The molecular formula is C23H24N2O3. The number of para-hydroxylation sites is 1. The van der Waals surface area contributed by atoms with Crippen molar-refractivity contribution in [2.45, 2.75) is 32.9 Å². The molecule has 0 fully saturated rings. The van der Waals surface area contributed by atoms with Gasteiger partial charge in [0.05, 0.1) is 11.3 Å². The molecule has 144 valence electrons. The van der Waals surface area contributed by atoms with Crippen molar-refractivity contribution in [1.29, 1.82) is 0 Å². The quantitative estimate of drug-likeness (QED) is 0.671. The number of anilines is 1. The zero-order valence-corrected chi connectivity index (χ0v) is 16.2. The number of rotatable bonds is 6. The minimum atomic E-state index is -0.730. The highest BCUT2D eigenvalue weighted by molar-refractivity contribution is 6.04. The second-order valence-corrected chi connectivity index (χ2v) is 6.90. The number of benzene rings is 3. The molecule has 0 radical (unpaired) electrons. The van der Waals surface area contributed by atoms with Crippen LogP contribution in [0.5, 0.6) is 5.75 Å². The Morgan fingerprint density at radius 1 is 0.857 bits per heavy atom. The summed E-state index contributed by atoms with van der Waals surface area (Å²) in [6, 6.07) is 20.5. The number of carbonyl (C=O) groups is 2. The number of nitrogens with one attached hydrogen (secondary N) is 2. The number of ether oxygens (including phenoxy) is 1. The van der Waals surface area contributed by atoms with E-state index in [0.29, 0.717) is 17.0 Å². The summed E-state index contributed by atoms with van der Waals surface area (Å²) in [5.41, 5.74) is 0.876. The van der Waals surface area contributed by atoms with Crippen molar-refractivity contribution < 1.29 is 14.3 Å². The zero-order valence-electron chi connectivity index (χ0n) is 16.2. The van der Waals surface area contributed by atoms with Crippen molar-refractivity contribution in [2.75, 3.05) is 5.32 Å². The number of amides is 2. The maximum absolute atomic E-state index is 12.7. The monoisotopic (exact) mass is 376 g/mol. The molecule has 3 aromatic carbocycles. The van der Waals surface area contributed by atoms with Crippen LogP contribution in [-0.2, 0) is 4.79 Å². The highest BCUT2D eigenvalue weighted by Crippen LogP contribution is 2.26. The lowest BCUT2D eigenvalue weighted by atomic mass is 10.1. The van der Waals surface area contributed by atoms with Crippen LogP contribution < -0.4 is 15.4 Å². The molecule has 2 amide bonds. The molecule has 0 heterocycles. The standard InChI is InChI=1S/C23H24N2O3/c1-15(2)24-23(27)19-12-6-7-13-20(19)25-22(26)16(3)28-21-14-8-10-17-9-4-5-11-18(17)21/h4-16H,1-3H3,(H,24,27)(H,25,26)/t16-/m1/s1. The van der Waals surface area contributed by atoms with Crippen molar-refractivity contribution in [3.05, 3.63) is 72.3 Å². The maximum Gasteiger partial charge on any atom is 0.265 e. The topological polar surface area (TPSA) is 67.4 Å². The Kier molecular flexibility index (Phi) is 5.94. The van der Waals surface area contributed by atoms with Gasteiger partial charge in [0.25, 0.3) is 11.8 Å². The van der Waals surface area contributed by atoms with Crippen LogP contribution in [0.2, 0.25) is 0 Å². The Labute approximate surface area is 164 Å². The van der Waals surface area contributed by atoms with Crippen molar-refractivity contribution in [1.82, 2.24) is 5.32 Å². The summed E-state index contributed by atoms with van der Waals surface area (Å²) in [7, 11) is 0. The molecule has 5 nitrogen and oxygen atoms in total. The van der Waals surface area contributed by atoms with Crippen molar-refractivity contribution in [3.8, 4) is 5.75 Å². The molecule has 2 N–H and O–H groups in total. The van der Waals surface area contributed by atoms with Crippen LogP contribution in [0.15, 0.2) is 66.7 Å². The minimum absolute atomic E-state index is 0.00452. The van der Waals surface area contributed by atoms with Crippen LogP contribution in [0.25, 0.3) is 10.8 Å². The molecule has 0 aromatic heterocycles. The van der Waals surface area contributed by atoms with Gasteiger partial charge in [-0.05, 0) is 44.4 Å². The lowest BCUT2D eigenvalue weighted by Crippen LogP contribution is -2.33. The predicted octanol–water partition coefficient (Wildman–Crippen LogP) is 4.38. The summed E-state index contributed by atoms with van der Waals surface area (Å²) in [4.78, 5) is 25.1. The van der Waals surface area contributed by atoms with Crippen LogP contribution in [0.1, 0.15) is 31.1 Å². The van der Waals surface area contributed by atoms with Gasteiger partial charge < -0.3 is 15.4 Å². The van der Waals surface area contributed by atoms with E-state index in [9.17, 15) is 9.59 Å². The lowest BCUT2D eigenvalue weighted by molar-refractivity contribution is -0.122. The third-order valence-electron chi connectivity index (χ3n) is 4.27. The summed E-state index contributed by atoms with van der Waals surface area (Å²) < 4.78 is 5.91. The van der Waals surface area contributed by atoms with E-state index in [-0.39, 0.29) is 17.9 Å². The SMILES string of the molecule is CC(C)NC(=O)c1ccccc1NC(=O)[C@@H](C)Oc1cccc2ccccc12. The molecule has 0 spiro atoms. The van der Waals surface area contributed by atoms with Crippen LogP contribution in [0, 0.1) is 0 Å². The first-order valence-corrected chi connectivity index (χ1v) is 9.31. The van der Waals surface area contributed by atoms with Gasteiger partial charge >= 0.3 is 0 Å². The Morgan fingerprint density at radius 2 is 1.54 bits per heavy atom. The molecule has 3 aromatic rings. The zero-order chi connectivity index (χ0) is 20.1. The number of hydrogen-bond donors (Lipinski definition) is 2. The lowest BCUT2D eigenvalue weighted by Gasteiger charge is -2.18. The highest BCUT2D eigenvalue weighted by atomic mass is 16.5. The molecule has 0 aliphatic rings. The van der Waals surface area contributed by atoms with E-state index >= 15 is 0 Å². The molecule has 28 heavy (non-hydrogen) atoms. The second kappa shape index (κ2) is 8.57. The van der Waals surface area contributed by atoms with Crippen LogP contribution >= 0.6 is 0 Å². The van der Waals surface area contributed by atoms with Crippen molar-refractivity contribution in [3.63, 3.8) is 0 Å². The third kappa shape index (κ3) is 4.49. The number of hydrogen-bond acceptors (Lipinski definition) is 3. The maximum atomic E-state index is 12.7. The molecular weight excluding hydrogens is 352 g/mol. The smallest absolute Gasteiger partial charge is 0.265 e. The molecule has 1 atom stereocenters. The summed E-state index contributed by atoms with van der Waals surface area (Å²) in [6.45, 7) is 5.46. The molecule has 0 aliphatic heterocycles. The Morgan fingerprint density at radius 3 is 2.32 bits per heavy atom. The molecule has 3 rings (SSSR count). The van der Waals surface area contributed by atoms with Gasteiger partial charge in [-0.1, -0.05) is 48.5 Å². The fraction of sp³-hybridized carbons (Fsp3) is 0.217. The van der Waals surface area contributed by atoms with Crippen LogP contribution in [0.3, 0.4) is 0 Å². The molecule has 0 saturated heterocycles. The Balaban J connectivity index is 1.75. The summed E-state index contributed by atoms with van der Waals surface area (Å²) >= 11 is 0. The highest BCUT2D eigenvalue weighted by Gasteiger charge is 2.19. The molecule has 5 heteroatoms. The average molecular weight is 376 g/mol. The van der Waals surface area contributed by atoms with Gasteiger partial charge in [0.15, 0.2) is 6.10 Å². The van der Waals surface area contributed by atoms with Gasteiger partial charge in [-0.15, -0.1) is 0 Å². The van der Waals surface area contributed by atoms with Gasteiger partial charge in [0.1, 0.15) is 5.75 Å². The Bertz CT molecular complexity index is 993. The molecule has 0 unspecified atom stereocenters. The van der Waals surface area contributed by atoms with Gasteiger partial charge in [0.2, 0.25) is 0 Å². The molecule has 0 bridgehead atoms. The predicted molar refractivity (Wildman–Crippen MR) is 112 cm³/mol. The largest absolute Gasteiger partial charge is 0.480 e. The van der Waals surface area contributed by atoms with Crippen molar-refractivity contribution in [2.24, 2.45) is 0 Å². The van der Waals surface area contributed by atoms with E-state index in [1.807, 2.05) is 56.3 Å². The van der Waals surface area contributed by atoms with E-state index < -0.39 is 6.10 Å². The fourth-order valence-electron chi connectivity index (χ4n) is 2.91. The molecule has 0 saturated carbocycles. The fourth-order valence-corrected chi connectivity index (χ4v) is 2.91. The first-order chi connectivity index (χ1) is 13.5. The third-order valence-corrected chi connectivity index (χ3v) is 4.27. The van der Waals surface area contributed by atoms with Crippen LogP contribution in [0.4, 0.5) is 5.69 Å². The van der Waals surface area contributed by atoms with E-state index in [1.165, 1.54) is 0 Å². The summed E-state index contributed by atoms with van der Waals surface area (Å²) in [5, 5.41) is 7.64. The summed E-state index contributed by atoms with van der Waals surface area (Å²) in [5.74, 6) is 0.0952. The molecule has 0 aliphatic carbocycles. The summed E-state index contributed by atoms with van der Waals surface area (Å²) in [6.07, 6.45) is -0.730. The van der Waals surface area contributed by atoms with Crippen molar-refractivity contribution >= 4 is 28.3 Å². The minimum Gasteiger partial charge on any atom is -0.480 e. The number of fused-ring (bicyclic) bond motifs is 1. The van der Waals surface area contributed by atoms with E-state index in [0.717, 1.165) is 10.8 Å². The average Bonchev–Trinajstić information content (AvgIpc) is 2.68. The van der Waals surface area contributed by atoms with E-state index in [4.69, 9.17) is 4.74 Å². The van der Waals surface area contributed by atoms with E-state index in [2.05, 4.69) is 10.6 Å². The second-order valence-electron chi connectivity index (χ2n) is 6.90. The normalized spacial score (nSPS) is 11.9. The first-order valence-electron chi connectivity index (χ1n) is 9.31. The van der Waals surface area contributed by atoms with Gasteiger partial charge in [-0.25, -0.2) is 0 Å². The van der Waals surface area contributed by atoms with Gasteiger partial charge in [-0.3, -0.25) is 9.59 Å².